The third-order valence-electron chi connectivity index (χ3n) is 3.58. The minimum atomic E-state index is 0.0180. The highest BCUT2D eigenvalue weighted by atomic mass is 32.1. The van der Waals surface area contributed by atoms with Crippen molar-refractivity contribution in [1.82, 2.24) is 19.7 Å². The number of nitrogens with one attached hydrogen (secondary N) is 1. The summed E-state index contributed by atoms with van der Waals surface area (Å²) in [7, 11) is 0. The Balaban J connectivity index is 1.88. The number of H-pyrrole nitrogens is 1. The van der Waals surface area contributed by atoms with Gasteiger partial charge in [0, 0.05) is 11.8 Å². The Hall–Kier alpha value is -2.47. The molecule has 3 aromatic rings. The molecular weight excluding hydrogens is 284 g/mol. The number of para-hydroxylation sites is 1. The van der Waals surface area contributed by atoms with Gasteiger partial charge in [-0.2, -0.15) is 5.10 Å². The normalized spacial score (nSPS) is 16.5. The average Bonchev–Trinajstić information content (AvgIpc) is 3.11. The first-order chi connectivity index (χ1) is 10.3. The number of fused-ring (bicyclic) bond motifs is 1. The zero-order valence-electron chi connectivity index (χ0n) is 11.1. The highest BCUT2D eigenvalue weighted by Gasteiger charge is 2.28. The monoisotopic (exact) mass is 296 g/mol. The molecule has 4 rings (SSSR count). The van der Waals surface area contributed by atoms with Crippen molar-refractivity contribution in [1.29, 1.82) is 0 Å². The van der Waals surface area contributed by atoms with Gasteiger partial charge in [-0.25, -0.2) is 0 Å². The largest absolute Gasteiger partial charge is 0.491 e. The molecule has 1 N–H and O–H groups in total. The predicted molar refractivity (Wildman–Crippen MR) is 80.7 cm³/mol. The summed E-state index contributed by atoms with van der Waals surface area (Å²) in [4.78, 5) is 4.36. The molecule has 1 unspecified atom stereocenters. The number of aromatic nitrogens is 4. The summed E-state index contributed by atoms with van der Waals surface area (Å²) in [5.74, 6) is 1.63. The topological polar surface area (TPSA) is 55.7 Å². The summed E-state index contributed by atoms with van der Waals surface area (Å²) < 4.78 is 8.30. The fourth-order valence-corrected chi connectivity index (χ4v) is 2.89. The average molecular weight is 296 g/mol. The number of nitrogens with zero attached hydrogens (tertiary/aromatic N) is 3. The minimum absolute atomic E-state index is 0.0180. The molecule has 0 bridgehead atoms. The molecule has 21 heavy (non-hydrogen) atoms. The lowest BCUT2D eigenvalue weighted by atomic mass is 10.1. The van der Waals surface area contributed by atoms with Crippen molar-refractivity contribution in [3.8, 4) is 17.3 Å². The molecule has 1 aromatic carbocycles. The van der Waals surface area contributed by atoms with E-state index in [0.717, 1.165) is 22.8 Å². The molecule has 6 heteroatoms. The van der Waals surface area contributed by atoms with E-state index in [1.54, 1.807) is 6.20 Å². The van der Waals surface area contributed by atoms with Crippen LogP contribution in [0.3, 0.4) is 0 Å². The summed E-state index contributed by atoms with van der Waals surface area (Å²) in [5.41, 5.74) is 1.90. The zero-order chi connectivity index (χ0) is 14.2. The van der Waals surface area contributed by atoms with Gasteiger partial charge in [0.1, 0.15) is 24.1 Å². The van der Waals surface area contributed by atoms with E-state index in [2.05, 4.69) is 21.2 Å². The van der Waals surface area contributed by atoms with Gasteiger partial charge in [0.2, 0.25) is 0 Å². The van der Waals surface area contributed by atoms with Crippen LogP contribution in [-0.4, -0.2) is 26.4 Å². The van der Waals surface area contributed by atoms with Crippen LogP contribution in [-0.2, 0) is 0 Å². The number of benzene rings is 1. The van der Waals surface area contributed by atoms with Gasteiger partial charge in [-0.3, -0.25) is 14.6 Å². The first-order valence-electron chi connectivity index (χ1n) is 6.64. The third kappa shape index (κ3) is 1.95. The van der Waals surface area contributed by atoms with Crippen LogP contribution in [0.2, 0.25) is 0 Å². The van der Waals surface area contributed by atoms with Crippen molar-refractivity contribution >= 4 is 12.2 Å². The lowest BCUT2D eigenvalue weighted by molar-refractivity contribution is 0.316. The summed E-state index contributed by atoms with van der Waals surface area (Å²) in [6.07, 6.45) is 1.75. The second kappa shape index (κ2) is 4.82. The van der Waals surface area contributed by atoms with Crippen molar-refractivity contribution in [3.05, 3.63) is 59.0 Å². The second-order valence-corrected chi connectivity index (χ2v) is 5.19. The molecule has 104 valence electrons. The van der Waals surface area contributed by atoms with E-state index in [0.29, 0.717) is 11.4 Å². The first-order valence-corrected chi connectivity index (χ1v) is 7.05. The second-order valence-electron chi connectivity index (χ2n) is 4.80. The van der Waals surface area contributed by atoms with Crippen LogP contribution in [0, 0.1) is 4.77 Å². The van der Waals surface area contributed by atoms with Gasteiger partial charge < -0.3 is 4.74 Å². The molecule has 1 aliphatic heterocycles. The molecule has 1 aliphatic rings. The van der Waals surface area contributed by atoms with E-state index < -0.39 is 0 Å². The third-order valence-corrected chi connectivity index (χ3v) is 3.87. The van der Waals surface area contributed by atoms with E-state index in [9.17, 15) is 0 Å². The lowest BCUT2D eigenvalue weighted by Crippen LogP contribution is -2.14. The van der Waals surface area contributed by atoms with Gasteiger partial charge in [0.25, 0.3) is 0 Å². The summed E-state index contributed by atoms with van der Waals surface area (Å²) in [6.45, 7) is 0.549. The fourth-order valence-electron chi connectivity index (χ4n) is 2.63. The van der Waals surface area contributed by atoms with Gasteiger partial charge in [0.15, 0.2) is 10.6 Å². The summed E-state index contributed by atoms with van der Waals surface area (Å²) in [6, 6.07) is 13.8. The van der Waals surface area contributed by atoms with Crippen LogP contribution in [0.4, 0.5) is 0 Å². The van der Waals surface area contributed by atoms with Crippen molar-refractivity contribution in [3.63, 3.8) is 0 Å². The van der Waals surface area contributed by atoms with Crippen molar-refractivity contribution < 1.29 is 4.74 Å². The van der Waals surface area contributed by atoms with E-state index >= 15 is 0 Å². The standard InChI is InChI=1S/C15H12N4OS/c21-15-18-17-14(11-6-3-4-8-16-11)19(15)12-9-20-13-7-2-1-5-10(12)13/h1-8,12H,9H2,(H,18,21). The van der Waals surface area contributed by atoms with Gasteiger partial charge in [-0.05, 0) is 30.4 Å². The Morgan fingerprint density at radius 2 is 2.05 bits per heavy atom. The number of hydrogen-bond donors (Lipinski definition) is 1. The molecule has 1 atom stereocenters. The van der Waals surface area contributed by atoms with Crippen molar-refractivity contribution in [2.75, 3.05) is 6.61 Å². The number of rotatable bonds is 2. The minimum Gasteiger partial charge on any atom is -0.491 e. The molecular formula is C15H12N4OS. The Morgan fingerprint density at radius 1 is 1.19 bits per heavy atom. The lowest BCUT2D eigenvalue weighted by Gasteiger charge is -2.13. The molecule has 0 saturated heterocycles. The van der Waals surface area contributed by atoms with Crippen LogP contribution in [0.5, 0.6) is 5.75 Å². The van der Waals surface area contributed by atoms with Crippen LogP contribution in [0.1, 0.15) is 11.6 Å². The fraction of sp³-hybridized carbons (Fsp3) is 0.133. The van der Waals surface area contributed by atoms with E-state index in [-0.39, 0.29) is 6.04 Å². The van der Waals surface area contributed by atoms with Crippen LogP contribution in [0.25, 0.3) is 11.5 Å². The maximum atomic E-state index is 5.75. The maximum Gasteiger partial charge on any atom is 0.196 e. The van der Waals surface area contributed by atoms with E-state index in [1.165, 1.54) is 0 Å². The highest BCUT2D eigenvalue weighted by molar-refractivity contribution is 7.71. The number of ether oxygens (including phenoxy) is 1. The SMILES string of the molecule is S=c1[nH]nc(-c2ccccn2)n1C1COc2ccccc21. The van der Waals surface area contributed by atoms with Crippen LogP contribution in [0.15, 0.2) is 48.7 Å². The molecule has 3 heterocycles. The molecule has 0 amide bonds. The summed E-state index contributed by atoms with van der Waals surface area (Å²) >= 11 is 5.40. The Kier molecular flexibility index (Phi) is 2.82. The van der Waals surface area contributed by atoms with E-state index in [4.69, 9.17) is 17.0 Å². The number of aromatic amines is 1. The molecule has 2 aromatic heterocycles. The smallest absolute Gasteiger partial charge is 0.196 e. The number of pyridine rings is 1. The Morgan fingerprint density at radius 3 is 2.90 bits per heavy atom. The maximum absolute atomic E-state index is 5.75. The Labute approximate surface area is 126 Å². The molecule has 5 nitrogen and oxygen atoms in total. The van der Waals surface area contributed by atoms with E-state index in [1.807, 2.05) is 41.0 Å². The number of hydrogen-bond acceptors (Lipinski definition) is 4. The van der Waals surface area contributed by atoms with Gasteiger partial charge in [-0.1, -0.05) is 24.3 Å². The molecule has 0 saturated carbocycles. The van der Waals surface area contributed by atoms with Gasteiger partial charge >= 0.3 is 0 Å². The molecule has 0 spiro atoms. The van der Waals surface area contributed by atoms with Crippen LogP contribution < -0.4 is 4.74 Å². The predicted octanol–water partition coefficient (Wildman–Crippen LogP) is 2.98. The molecule has 0 radical (unpaired) electrons. The Bertz CT molecular complexity index is 840. The molecule has 0 fully saturated rings. The van der Waals surface area contributed by atoms with Crippen molar-refractivity contribution in [2.24, 2.45) is 0 Å². The van der Waals surface area contributed by atoms with Gasteiger partial charge in [0.05, 0.1) is 0 Å². The summed E-state index contributed by atoms with van der Waals surface area (Å²) in [5, 5.41) is 7.19. The van der Waals surface area contributed by atoms with Crippen LogP contribution >= 0.6 is 12.2 Å². The highest BCUT2D eigenvalue weighted by Crippen LogP contribution is 2.36. The van der Waals surface area contributed by atoms with Gasteiger partial charge in [-0.15, -0.1) is 0 Å². The first kappa shape index (κ1) is 12.3. The zero-order valence-corrected chi connectivity index (χ0v) is 11.9. The molecule has 0 aliphatic carbocycles. The quantitative estimate of drug-likeness (QED) is 0.739. The van der Waals surface area contributed by atoms with Crippen molar-refractivity contribution in [2.45, 2.75) is 6.04 Å².